The summed E-state index contributed by atoms with van der Waals surface area (Å²) in [6.07, 6.45) is 11.0. The molecule has 1 saturated heterocycles. The highest BCUT2D eigenvalue weighted by Crippen LogP contribution is 2.66. The highest BCUT2D eigenvalue weighted by Gasteiger charge is 2.60. The number of ether oxygens (including phenoxy) is 1. The van der Waals surface area contributed by atoms with Gasteiger partial charge in [0.1, 0.15) is 11.5 Å². The van der Waals surface area contributed by atoms with Crippen molar-refractivity contribution in [3.05, 3.63) is 72.1 Å². The minimum atomic E-state index is 0.260. The Labute approximate surface area is 234 Å². The van der Waals surface area contributed by atoms with Crippen LogP contribution >= 0.6 is 0 Å². The van der Waals surface area contributed by atoms with Crippen molar-refractivity contribution in [1.82, 2.24) is 20.3 Å². The molecule has 1 spiro atoms. The molecule has 7 heteroatoms. The molecule has 0 radical (unpaired) electrons. The predicted octanol–water partition coefficient (Wildman–Crippen LogP) is 6.26. The molecule has 2 atom stereocenters. The Morgan fingerprint density at radius 3 is 2.77 bits per heavy atom. The molecule has 3 fully saturated rings. The smallest absolute Gasteiger partial charge is 0.228 e. The summed E-state index contributed by atoms with van der Waals surface area (Å²) >= 11 is 0. The Kier molecular flexibility index (Phi) is 6.47. The van der Waals surface area contributed by atoms with Crippen LogP contribution in [0.15, 0.2) is 60.9 Å². The molecule has 0 amide bonds. The molecule has 3 aliphatic rings. The highest BCUT2D eigenvalue weighted by molar-refractivity contribution is 5.96. The molecular formula is C33H35N5O2. The van der Waals surface area contributed by atoms with Gasteiger partial charge in [-0.25, -0.2) is 15.0 Å². The zero-order valence-electron chi connectivity index (χ0n) is 23.0. The highest BCUT2D eigenvalue weighted by atomic mass is 16.5. The minimum absolute atomic E-state index is 0.260. The average Bonchev–Trinajstić information content (AvgIpc) is 3.73. The molecule has 2 aromatic heterocycles. The largest absolute Gasteiger partial charge is 0.437 e. The second-order valence-corrected chi connectivity index (χ2v) is 11.8. The lowest BCUT2D eigenvalue weighted by atomic mass is 9.78. The van der Waals surface area contributed by atoms with Gasteiger partial charge in [-0.3, -0.25) is 4.79 Å². The maximum Gasteiger partial charge on any atom is 0.228 e. The van der Waals surface area contributed by atoms with Gasteiger partial charge in [-0.15, -0.1) is 0 Å². The van der Waals surface area contributed by atoms with Crippen LogP contribution in [-0.2, 0) is 11.2 Å². The Hall–Kier alpha value is -3.84. The Bertz CT molecular complexity index is 1570. The van der Waals surface area contributed by atoms with Gasteiger partial charge in [-0.1, -0.05) is 36.8 Å². The number of nitrogens with zero attached hydrogens (tertiary/aromatic N) is 3. The summed E-state index contributed by atoms with van der Waals surface area (Å²) in [6.45, 7) is 4.01. The Morgan fingerprint density at radius 1 is 1.05 bits per heavy atom. The maximum absolute atomic E-state index is 13.2. The Balaban J connectivity index is 1.17. The Morgan fingerprint density at radius 2 is 1.98 bits per heavy atom. The molecule has 1 aliphatic heterocycles. The third kappa shape index (κ3) is 4.73. The van der Waals surface area contributed by atoms with Gasteiger partial charge in [0, 0.05) is 42.7 Å². The summed E-state index contributed by atoms with van der Waals surface area (Å²) in [5.41, 5.74) is 3.99. The number of hydrogen-bond acceptors (Lipinski definition) is 7. The number of aryl methyl sites for hydroxylation is 1. The van der Waals surface area contributed by atoms with Crippen LogP contribution in [0.4, 0.5) is 5.95 Å². The van der Waals surface area contributed by atoms with E-state index in [4.69, 9.17) is 9.72 Å². The third-order valence-electron chi connectivity index (χ3n) is 9.12. The molecule has 3 heterocycles. The van der Waals surface area contributed by atoms with Crippen molar-refractivity contribution in [2.24, 2.45) is 11.3 Å². The van der Waals surface area contributed by atoms with Crippen molar-refractivity contribution in [3.8, 4) is 22.9 Å². The van der Waals surface area contributed by atoms with E-state index in [2.05, 4.69) is 44.9 Å². The second-order valence-electron chi connectivity index (χ2n) is 11.8. The van der Waals surface area contributed by atoms with Crippen LogP contribution in [0.2, 0.25) is 0 Å². The van der Waals surface area contributed by atoms with E-state index >= 15 is 0 Å². The number of pyridine rings is 1. The molecule has 0 bridgehead atoms. The number of carbonyl (C=O) groups is 1. The van der Waals surface area contributed by atoms with Crippen molar-refractivity contribution in [2.75, 3.05) is 18.4 Å². The molecule has 4 aromatic rings. The van der Waals surface area contributed by atoms with E-state index in [1.165, 1.54) is 19.3 Å². The van der Waals surface area contributed by atoms with Crippen molar-refractivity contribution in [3.63, 3.8) is 0 Å². The fraction of sp³-hybridized carbons (Fsp3) is 0.394. The minimum Gasteiger partial charge on any atom is -0.437 e. The van der Waals surface area contributed by atoms with Gasteiger partial charge >= 0.3 is 0 Å². The SMILES string of the molecule is Cc1ccc2c(CC(=O)[C@@H]3CC34CCC4)cccc2c1Oc1ncccc1-c1ccnc(N[C@H]2CCCNC2)n1. The number of Topliss-reactive ketones (excluding diaryl/α,β-unsaturated/α-hetero) is 1. The topological polar surface area (TPSA) is 89.0 Å². The van der Waals surface area contributed by atoms with Gasteiger partial charge in [-0.05, 0) is 85.7 Å². The van der Waals surface area contributed by atoms with Crippen LogP contribution < -0.4 is 15.4 Å². The molecule has 2 aromatic carbocycles. The summed E-state index contributed by atoms with van der Waals surface area (Å²) < 4.78 is 6.59. The average molecular weight is 534 g/mol. The number of anilines is 1. The first kappa shape index (κ1) is 25.1. The lowest BCUT2D eigenvalue weighted by molar-refractivity contribution is -0.120. The summed E-state index contributed by atoms with van der Waals surface area (Å²) in [5, 5.41) is 8.94. The van der Waals surface area contributed by atoms with E-state index in [1.807, 2.05) is 31.2 Å². The normalized spacial score (nSPS) is 21.1. The molecule has 7 rings (SSSR count). The zero-order valence-corrected chi connectivity index (χ0v) is 23.0. The number of hydrogen-bond donors (Lipinski definition) is 2. The number of aromatic nitrogens is 3. The first-order valence-corrected chi connectivity index (χ1v) is 14.6. The molecule has 2 aliphatic carbocycles. The van der Waals surface area contributed by atoms with E-state index in [9.17, 15) is 4.79 Å². The van der Waals surface area contributed by atoms with Crippen molar-refractivity contribution in [1.29, 1.82) is 0 Å². The lowest BCUT2D eigenvalue weighted by Crippen LogP contribution is -2.38. The summed E-state index contributed by atoms with van der Waals surface area (Å²) in [7, 11) is 0. The lowest BCUT2D eigenvalue weighted by Gasteiger charge is -2.26. The predicted molar refractivity (Wildman–Crippen MR) is 157 cm³/mol. The molecule has 2 saturated carbocycles. The van der Waals surface area contributed by atoms with Crippen LogP contribution in [0.3, 0.4) is 0 Å². The van der Waals surface area contributed by atoms with Gasteiger partial charge < -0.3 is 15.4 Å². The maximum atomic E-state index is 13.2. The van der Waals surface area contributed by atoms with E-state index in [0.29, 0.717) is 35.5 Å². The second kappa shape index (κ2) is 10.3. The number of nitrogens with one attached hydrogen (secondary N) is 2. The quantitative estimate of drug-likeness (QED) is 0.276. The van der Waals surface area contributed by atoms with Gasteiger partial charge in [0.05, 0.1) is 11.3 Å². The number of carbonyl (C=O) groups excluding carboxylic acids is 1. The van der Waals surface area contributed by atoms with Gasteiger partial charge in [0.2, 0.25) is 11.8 Å². The molecule has 40 heavy (non-hydrogen) atoms. The first-order chi connectivity index (χ1) is 19.6. The van der Waals surface area contributed by atoms with Crippen LogP contribution in [0.5, 0.6) is 11.6 Å². The van der Waals surface area contributed by atoms with E-state index in [-0.39, 0.29) is 5.92 Å². The number of rotatable bonds is 8. The summed E-state index contributed by atoms with van der Waals surface area (Å²) in [4.78, 5) is 27.0. The number of piperidine rings is 1. The summed E-state index contributed by atoms with van der Waals surface area (Å²) in [6, 6.07) is 16.5. The molecule has 0 unspecified atom stereocenters. The van der Waals surface area contributed by atoms with Crippen LogP contribution in [0.25, 0.3) is 22.0 Å². The fourth-order valence-electron chi connectivity index (χ4n) is 6.59. The molecule has 7 nitrogen and oxygen atoms in total. The van der Waals surface area contributed by atoms with Gasteiger partial charge in [0.25, 0.3) is 0 Å². The van der Waals surface area contributed by atoms with Crippen LogP contribution in [-0.4, -0.2) is 39.9 Å². The number of fused-ring (bicyclic) bond motifs is 1. The van der Waals surface area contributed by atoms with Gasteiger partial charge in [0.15, 0.2) is 0 Å². The van der Waals surface area contributed by atoms with Crippen molar-refractivity contribution >= 4 is 22.5 Å². The number of ketones is 1. The van der Waals surface area contributed by atoms with Crippen molar-refractivity contribution in [2.45, 2.75) is 57.9 Å². The summed E-state index contributed by atoms with van der Waals surface area (Å²) in [5.74, 6) is 2.51. The van der Waals surface area contributed by atoms with Crippen LogP contribution in [0.1, 0.15) is 49.7 Å². The van der Waals surface area contributed by atoms with Crippen LogP contribution in [0, 0.1) is 18.3 Å². The molecule has 2 N–H and O–H groups in total. The monoisotopic (exact) mass is 533 g/mol. The van der Waals surface area contributed by atoms with E-state index in [1.54, 1.807) is 12.4 Å². The zero-order chi connectivity index (χ0) is 27.1. The molecule has 204 valence electrons. The standard InChI is InChI=1S/C33H35N5O2/c1-21-10-11-24-22(18-29(39)27-19-33(27)13-5-14-33)6-2-8-25(24)30(21)40-31-26(9-4-16-35-31)28-12-17-36-32(38-28)37-23-7-3-15-34-20-23/h2,4,6,8-12,16-17,23,27,34H,3,5,7,13-15,18-20H2,1H3,(H,36,37,38)/t23-,27-/m0/s1. The fourth-order valence-corrected chi connectivity index (χ4v) is 6.59. The number of benzene rings is 2. The third-order valence-corrected chi connectivity index (χ3v) is 9.12. The van der Waals surface area contributed by atoms with Gasteiger partial charge in [-0.2, -0.15) is 0 Å². The van der Waals surface area contributed by atoms with Crippen molar-refractivity contribution < 1.29 is 9.53 Å². The van der Waals surface area contributed by atoms with E-state index in [0.717, 1.165) is 71.3 Å². The molecular weight excluding hydrogens is 498 g/mol. The first-order valence-electron chi connectivity index (χ1n) is 14.6. The van der Waals surface area contributed by atoms with E-state index < -0.39 is 0 Å².